The zero-order chi connectivity index (χ0) is 14.7. The summed E-state index contributed by atoms with van der Waals surface area (Å²) < 4.78 is 15.3. The number of aryl methyl sites for hydroxylation is 1. The van der Waals surface area contributed by atoms with Gasteiger partial charge in [-0.1, -0.05) is 0 Å². The van der Waals surface area contributed by atoms with Crippen LogP contribution in [0.1, 0.15) is 6.42 Å². The van der Waals surface area contributed by atoms with Crippen molar-refractivity contribution in [3.8, 4) is 0 Å². The van der Waals surface area contributed by atoms with Gasteiger partial charge < -0.3 is 9.47 Å². The number of halogens is 1. The highest BCUT2D eigenvalue weighted by molar-refractivity contribution is 5.91. The van der Waals surface area contributed by atoms with E-state index < -0.39 is 0 Å². The van der Waals surface area contributed by atoms with Crippen LogP contribution < -0.4 is 4.90 Å². The Bertz CT molecular complexity index is 724. The number of rotatable bonds is 5. The zero-order valence-corrected chi connectivity index (χ0v) is 11.9. The first-order chi connectivity index (χ1) is 10.2. The topological polar surface area (TPSA) is 34.0 Å². The van der Waals surface area contributed by atoms with E-state index in [0.29, 0.717) is 5.52 Å². The highest BCUT2D eigenvalue weighted by Gasteiger charge is 2.07. The highest BCUT2D eigenvalue weighted by atomic mass is 19.1. The molecular weight excluding hydrogens is 267 g/mol. The molecule has 108 valence electrons. The largest absolute Gasteiger partial charge is 0.374 e. The summed E-state index contributed by atoms with van der Waals surface area (Å²) in [5.74, 6) is -0.255. The Hall–Kier alpha value is -2.43. The molecule has 0 amide bonds. The van der Waals surface area contributed by atoms with Gasteiger partial charge >= 0.3 is 0 Å². The Morgan fingerprint density at radius 1 is 1.24 bits per heavy atom. The van der Waals surface area contributed by atoms with Gasteiger partial charge in [-0.25, -0.2) is 9.37 Å². The third-order valence-corrected chi connectivity index (χ3v) is 3.56. The summed E-state index contributed by atoms with van der Waals surface area (Å²) in [7, 11) is 2.05. The van der Waals surface area contributed by atoms with Crippen molar-refractivity contribution in [2.75, 3.05) is 18.5 Å². The summed E-state index contributed by atoms with van der Waals surface area (Å²) in [6.07, 6.45) is 8.31. The summed E-state index contributed by atoms with van der Waals surface area (Å²) in [5.41, 5.74) is 1.76. The summed E-state index contributed by atoms with van der Waals surface area (Å²) in [6, 6.07) is 6.71. The van der Waals surface area contributed by atoms with E-state index in [0.717, 1.165) is 30.6 Å². The maximum Gasteiger partial charge on any atom is 0.125 e. The molecule has 0 aliphatic heterocycles. The predicted octanol–water partition coefficient (Wildman–Crippen LogP) is 3.10. The number of anilines is 1. The van der Waals surface area contributed by atoms with E-state index in [1.54, 1.807) is 18.5 Å². The number of hydrogen-bond donors (Lipinski definition) is 0. The smallest absolute Gasteiger partial charge is 0.125 e. The van der Waals surface area contributed by atoms with Gasteiger partial charge in [-0.15, -0.1) is 0 Å². The summed E-state index contributed by atoms with van der Waals surface area (Å²) >= 11 is 0. The van der Waals surface area contributed by atoms with Crippen LogP contribution in [-0.4, -0.2) is 28.1 Å². The molecule has 4 nitrogen and oxygen atoms in total. The molecule has 5 heteroatoms. The van der Waals surface area contributed by atoms with Crippen LogP contribution in [0.4, 0.5) is 10.1 Å². The van der Waals surface area contributed by atoms with Crippen LogP contribution in [0.25, 0.3) is 10.9 Å². The fraction of sp³-hybridized carbons (Fsp3) is 0.250. The molecule has 0 aliphatic carbocycles. The minimum Gasteiger partial charge on any atom is -0.374 e. The quantitative estimate of drug-likeness (QED) is 0.722. The van der Waals surface area contributed by atoms with Gasteiger partial charge in [0, 0.05) is 55.9 Å². The molecule has 0 atom stereocenters. The SMILES string of the molecule is CN(CCCn1ccnc1)c1ccnc2cc(F)ccc12. The normalized spacial score (nSPS) is 11.0. The number of pyridine rings is 1. The van der Waals surface area contributed by atoms with Crippen LogP contribution in [0.5, 0.6) is 0 Å². The second kappa shape index (κ2) is 5.91. The summed E-state index contributed by atoms with van der Waals surface area (Å²) in [6.45, 7) is 1.84. The third kappa shape index (κ3) is 3.02. The van der Waals surface area contributed by atoms with E-state index in [1.807, 2.05) is 25.6 Å². The third-order valence-electron chi connectivity index (χ3n) is 3.56. The fourth-order valence-electron chi connectivity index (χ4n) is 2.47. The van der Waals surface area contributed by atoms with Gasteiger partial charge in [-0.2, -0.15) is 0 Å². The Morgan fingerprint density at radius 3 is 2.95 bits per heavy atom. The van der Waals surface area contributed by atoms with Gasteiger partial charge in [0.2, 0.25) is 0 Å². The van der Waals surface area contributed by atoms with Crippen molar-refractivity contribution in [2.24, 2.45) is 0 Å². The molecule has 21 heavy (non-hydrogen) atoms. The Labute approximate surface area is 122 Å². The van der Waals surface area contributed by atoms with Crippen molar-refractivity contribution < 1.29 is 4.39 Å². The Balaban J connectivity index is 1.73. The van der Waals surface area contributed by atoms with Crippen molar-refractivity contribution in [3.05, 3.63) is 55.0 Å². The summed E-state index contributed by atoms with van der Waals surface area (Å²) in [4.78, 5) is 10.4. The van der Waals surface area contributed by atoms with Crippen LogP contribution in [-0.2, 0) is 6.54 Å². The van der Waals surface area contributed by atoms with Gasteiger partial charge in [0.05, 0.1) is 11.8 Å². The molecule has 0 N–H and O–H groups in total. The van der Waals surface area contributed by atoms with Crippen LogP contribution in [0.15, 0.2) is 49.2 Å². The van der Waals surface area contributed by atoms with E-state index >= 15 is 0 Å². The fourth-order valence-corrected chi connectivity index (χ4v) is 2.47. The molecule has 1 aromatic carbocycles. The van der Waals surface area contributed by atoms with Crippen molar-refractivity contribution in [1.82, 2.24) is 14.5 Å². The minimum atomic E-state index is -0.255. The van der Waals surface area contributed by atoms with Crippen LogP contribution in [0.2, 0.25) is 0 Å². The molecule has 3 rings (SSSR count). The first-order valence-electron chi connectivity index (χ1n) is 6.95. The van der Waals surface area contributed by atoms with Gasteiger partial charge in [0.15, 0.2) is 0 Å². The molecule has 0 radical (unpaired) electrons. The Kier molecular flexibility index (Phi) is 3.81. The highest BCUT2D eigenvalue weighted by Crippen LogP contribution is 2.25. The molecule has 0 bridgehead atoms. The maximum atomic E-state index is 13.3. The lowest BCUT2D eigenvalue weighted by atomic mass is 10.1. The van der Waals surface area contributed by atoms with Crippen LogP contribution >= 0.6 is 0 Å². The number of benzene rings is 1. The second-order valence-corrected chi connectivity index (χ2v) is 5.07. The lowest BCUT2D eigenvalue weighted by Gasteiger charge is -2.21. The van der Waals surface area contributed by atoms with Crippen LogP contribution in [0, 0.1) is 5.82 Å². The van der Waals surface area contributed by atoms with Gasteiger partial charge in [0.1, 0.15) is 5.82 Å². The molecule has 0 aliphatic rings. The molecule has 3 aromatic rings. The molecule has 0 spiro atoms. The molecule has 0 saturated heterocycles. The van der Waals surface area contributed by atoms with E-state index in [9.17, 15) is 4.39 Å². The molecule has 2 aromatic heterocycles. The number of hydrogen-bond acceptors (Lipinski definition) is 3. The molecule has 0 unspecified atom stereocenters. The molecule has 0 fully saturated rings. The molecular formula is C16H17FN4. The standard InChI is InChI=1S/C16H17FN4/c1-20(8-2-9-21-10-7-18-12-21)16-5-6-19-15-11-13(17)3-4-14(15)16/h3-7,10-12H,2,8-9H2,1H3. The van der Waals surface area contributed by atoms with Crippen molar-refractivity contribution >= 4 is 16.6 Å². The number of nitrogens with zero attached hydrogens (tertiary/aromatic N) is 4. The van der Waals surface area contributed by atoms with Crippen molar-refractivity contribution in [1.29, 1.82) is 0 Å². The first kappa shape index (κ1) is 13.5. The van der Waals surface area contributed by atoms with E-state index in [2.05, 4.69) is 19.4 Å². The predicted molar refractivity (Wildman–Crippen MR) is 81.8 cm³/mol. The van der Waals surface area contributed by atoms with Gasteiger partial charge in [-0.05, 0) is 24.6 Å². The van der Waals surface area contributed by atoms with Gasteiger partial charge in [0.25, 0.3) is 0 Å². The summed E-state index contributed by atoms with van der Waals surface area (Å²) in [5, 5.41) is 0.976. The van der Waals surface area contributed by atoms with E-state index in [4.69, 9.17) is 0 Å². The number of fused-ring (bicyclic) bond motifs is 1. The monoisotopic (exact) mass is 284 g/mol. The lowest BCUT2D eigenvalue weighted by Crippen LogP contribution is -2.20. The number of imidazole rings is 1. The zero-order valence-electron chi connectivity index (χ0n) is 11.9. The van der Waals surface area contributed by atoms with Crippen LogP contribution in [0.3, 0.4) is 0 Å². The maximum absolute atomic E-state index is 13.3. The first-order valence-corrected chi connectivity index (χ1v) is 6.95. The Morgan fingerprint density at radius 2 is 2.14 bits per heavy atom. The molecule has 0 saturated carbocycles. The lowest BCUT2D eigenvalue weighted by molar-refractivity contribution is 0.629. The van der Waals surface area contributed by atoms with Crippen molar-refractivity contribution in [2.45, 2.75) is 13.0 Å². The minimum absolute atomic E-state index is 0.255. The second-order valence-electron chi connectivity index (χ2n) is 5.07. The van der Waals surface area contributed by atoms with E-state index in [-0.39, 0.29) is 5.82 Å². The average Bonchev–Trinajstić information content (AvgIpc) is 2.99. The van der Waals surface area contributed by atoms with E-state index in [1.165, 1.54) is 12.1 Å². The molecule has 2 heterocycles. The average molecular weight is 284 g/mol. The van der Waals surface area contributed by atoms with Crippen molar-refractivity contribution in [3.63, 3.8) is 0 Å². The number of aromatic nitrogens is 3. The van der Waals surface area contributed by atoms with Gasteiger partial charge in [-0.3, -0.25) is 4.98 Å².